The van der Waals surface area contributed by atoms with Crippen molar-refractivity contribution in [3.63, 3.8) is 0 Å². The highest BCUT2D eigenvalue weighted by Gasteiger charge is 2.09. The number of hydrogen-bond donors (Lipinski definition) is 2. The summed E-state index contributed by atoms with van der Waals surface area (Å²) in [7, 11) is 0. The molecule has 2 N–H and O–H groups in total. The van der Waals surface area contributed by atoms with Crippen molar-refractivity contribution in [1.29, 1.82) is 0 Å². The lowest BCUT2D eigenvalue weighted by atomic mass is 10.2. The van der Waals surface area contributed by atoms with Crippen LogP contribution in [-0.4, -0.2) is 18.3 Å². The molecular formula is C18H20Cl3NO2. The third-order valence-electron chi connectivity index (χ3n) is 3.53. The van der Waals surface area contributed by atoms with Gasteiger partial charge in [-0.3, -0.25) is 0 Å². The number of halogens is 3. The maximum atomic E-state index is 8.80. The second-order valence-electron chi connectivity index (χ2n) is 5.35. The lowest BCUT2D eigenvalue weighted by Crippen LogP contribution is -2.16. The van der Waals surface area contributed by atoms with Gasteiger partial charge in [0, 0.05) is 39.3 Å². The second-order valence-corrected chi connectivity index (χ2v) is 6.60. The quantitative estimate of drug-likeness (QED) is 0.588. The molecule has 0 atom stereocenters. The van der Waals surface area contributed by atoms with Crippen LogP contribution in [0.4, 0.5) is 0 Å². The summed E-state index contributed by atoms with van der Waals surface area (Å²) < 4.78 is 5.91. The average Bonchev–Trinajstić information content (AvgIpc) is 2.56. The van der Waals surface area contributed by atoms with E-state index in [1.807, 2.05) is 12.1 Å². The number of aliphatic hydroxyl groups is 1. The molecule has 0 heterocycles. The van der Waals surface area contributed by atoms with E-state index < -0.39 is 0 Å². The van der Waals surface area contributed by atoms with Gasteiger partial charge in [0.25, 0.3) is 0 Å². The number of unbranched alkanes of at least 4 members (excludes halogenated alkanes) is 1. The van der Waals surface area contributed by atoms with Crippen molar-refractivity contribution in [2.75, 3.05) is 13.2 Å². The molecular weight excluding hydrogens is 369 g/mol. The number of hydrogen-bond acceptors (Lipinski definition) is 3. The molecule has 0 radical (unpaired) electrons. The molecule has 0 aliphatic rings. The summed E-state index contributed by atoms with van der Waals surface area (Å²) >= 11 is 18.4. The van der Waals surface area contributed by atoms with Crippen LogP contribution in [0.25, 0.3) is 0 Å². The Morgan fingerprint density at radius 2 is 1.75 bits per heavy atom. The summed E-state index contributed by atoms with van der Waals surface area (Å²) in [5.74, 6) is 0.741. The average molecular weight is 389 g/mol. The molecule has 0 saturated heterocycles. The van der Waals surface area contributed by atoms with E-state index in [9.17, 15) is 0 Å². The zero-order valence-corrected chi connectivity index (χ0v) is 15.5. The van der Waals surface area contributed by atoms with Gasteiger partial charge in [0.05, 0.1) is 0 Å². The summed E-state index contributed by atoms with van der Waals surface area (Å²) in [6, 6.07) is 10.9. The van der Waals surface area contributed by atoms with E-state index in [0.717, 1.165) is 36.3 Å². The molecule has 24 heavy (non-hydrogen) atoms. The highest BCUT2D eigenvalue weighted by molar-refractivity contribution is 6.36. The Morgan fingerprint density at radius 3 is 2.46 bits per heavy atom. The van der Waals surface area contributed by atoms with Gasteiger partial charge in [-0.05, 0) is 49.7 Å². The summed E-state index contributed by atoms with van der Waals surface area (Å²) in [5, 5.41) is 13.9. The van der Waals surface area contributed by atoms with Crippen molar-refractivity contribution in [2.45, 2.75) is 26.0 Å². The molecule has 0 amide bonds. The van der Waals surface area contributed by atoms with Gasteiger partial charge in [0.2, 0.25) is 0 Å². The number of nitrogens with one attached hydrogen (secondary N) is 1. The Balaban J connectivity index is 2.01. The Kier molecular flexibility index (Phi) is 8.16. The van der Waals surface area contributed by atoms with Crippen LogP contribution in [0.1, 0.15) is 24.0 Å². The van der Waals surface area contributed by atoms with Gasteiger partial charge in [0.15, 0.2) is 0 Å². The van der Waals surface area contributed by atoms with E-state index in [1.165, 1.54) is 0 Å². The summed E-state index contributed by atoms with van der Waals surface area (Å²) in [4.78, 5) is 0. The highest BCUT2D eigenvalue weighted by atomic mass is 35.5. The predicted molar refractivity (Wildman–Crippen MR) is 100 cm³/mol. The lowest BCUT2D eigenvalue weighted by molar-refractivity contribution is 0.283. The Hall–Kier alpha value is -0.970. The molecule has 0 aliphatic heterocycles. The molecule has 0 aliphatic carbocycles. The van der Waals surface area contributed by atoms with Gasteiger partial charge in [-0.2, -0.15) is 0 Å². The highest BCUT2D eigenvalue weighted by Crippen LogP contribution is 2.28. The molecule has 0 spiro atoms. The van der Waals surface area contributed by atoms with Crippen LogP contribution in [0.15, 0.2) is 36.4 Å². The van der Waals surface area contributed by atoms with E-state index in [-0.39, 0.29) is 13.2 Å². The van der Waals surface area contributed by atoms with E-state index in [2.05, 4.69) is 5.32 Å². The maximum Gasteiger partial charge on any atom is 0.124 e. The van der Waals surface area contributed by atoms with Crippen molar-refractivity contribution in [3.05, 3.63) is 62.6 Å². The first-order valence-corrected chi connectivity index (χ1v) is 8.91. The van der Waals surface area contributed by atoms with Crippen molar-refractivity contribution in [3.8, 4) is 5.75 Å². The van der Waals surface area contributed by atoms with E-state index in [0.29, 0.717) is 21.6 Å². The third-order valence-corrected chi connectivity index (χ3v) is 4.48. The van der Waals surface area contributed by atoms with Crippen LogP contribution in [0.5, 0.6) is 5.75 Å². The topological polar surface area (TPSA) is 41.5 Å². The van der Waals surface area contributed by atoms with Crippen molar-refractivity contribution in [2.24, 2.45) is 0 Å². The fourth-order valence-electron chi connectivity index (χ4n) is 2.23. The molecule has 3 nitrogen and oxygen atoms in total. The Morgan fingerprint density at radius 1 is 1.00 bits per heavy atom. The van der Waals surface area contributed by atoms with Crippen molar-refractivity contribution >= 4 is 34.8 Å². The molecule has 130 valence electrons. The number of benzene rings is 2. The standard InChI is InChI=1S/C18H20Cl3NO2/c19-14-6-7-18(13(10-14)11-22-8-1-2-9-23)24-12-15-16(20)4-3-5-17(15)21/h3-7,10,22-23H,1-2,8-9,11-12H2. The molecule has 0 saturated carbocycles. The first-order chi connectivity index (χ1) is 11.6. The van der Waals surface area contributed by atoms with Gasteiger partial charge in [0.1, 0.15) is 12.4 Å². The molecule has 2 aromatic carbocycles. The third kappa shape index (κ3) is 5.83. The molecule has 0 aromatic heterocycles. The van der Waals surface area contributed by atoms with Crippen LogP contribution < -0.4 is 10.1 Å². The molecule has 0 unspecified atom stereocenters. The van der Waals surface area contributed by atoms with Gasteiger partial charge >= 0.3 is 0 Å². The zero-order valence-electron chi connectivity index (χ0n) is 13.2. The van der Waals surface area contributed by atoms with Gasteiger partial charge < -0.3 is 15.2 Å². The maximum absolute atomic E-state index is 8.80. The SMILES string of the molecule is OCCCCNCc1cc(Cl)ccc1OCc1c(Cl)cccc1Cl. The molecule has 0 bridgehead atoms. The van der Waals surface area contributed by atoms with E-state index in [1.54, 1.807) is 24.3 Å². The normalized spacial score (nSPS) is 10.8. The molecule has 6 heteroatoms. The summed E-state index contributed by atoms with van der Waals surface area (Å²) in [6.07, 6.45) is 1.71. The van der Waals surface area contributed by atoms with Gasteiger partial charge in [-0.25, -0.2) is 0 Å². The van der Waals surface area contributed by atoms with Crippen LogP contribution in [0.2, 0.25) is 15.1 Å². The molecule has 2 aromatic rings. The van der Waals surface area contributed by atoms with Crippen LogP contribution >= 0.6 is 34.8 Å². The Labute approximate surface area is 157 Å². The zero-order chi connectivity index (χ0) is 17.4. The van der Waals surface area contributed by atoms with Crippen molar-refractivity contribution < 1.29 is 9.84 Å². The largest absolute Gasteiger partial charge is 0.488 e. The first kappa shape index (κ1) is 19.4. The van der Waals surface area contributed by atoms with Crippen LogP contribution in [0.3, 0.4) is 0 Å². The van der Waals surface area contributed by atoms with E-state index in [4.69, 9.17) is 44.6 Å². The van der Waals surface area contributed by atoms with Gasteiger partial charge in [-0.1, -0.05) is 40.9 Å². The van der Waals surface area contributed by atoms with Crippen LogP contribution in [0, 0.1) is 0 Å². The fraction of sp³-hybridized carbons (Fsp3) is 0.333. The van der Waals surface area contributed by atoms with Gasteiger partial charge in [-0.15, -0.1) is 0 Å². The smallest absolute Gasteiger partial charge is 0.124 e. The lowest BCUT2D eigenvalue weighted by Gasteiger charge is -2.14. The predicted octanol–water partition coefficient (Wildman–Crippen LogP) is 5.09. The number of rotatable bonds is 9. The minimum atomic E-state index is 0.214. The minimum Gasteiger partial charge on any atom is -0.488 e. The second kappa shape index (κ2) is 10.1. The van der Waals surface area contributed by atoms with Crippen molar-refractivity contribution in [1.82, 2.24) is 5.32 Å². The molecule has 0 fully saturated rings. The first-order valence-electron chi connectivity index (χ1n) is 7.77. The molecule has 2 rings (SSSR count). The minimum absolute atomic E-state index is 0.214. The van der Waals surface area contributed by atoms with Crippen LogP contribution in [-0.2, 0) is 13.2 Å². The number of ether oxygens (including phenoxy) is 1. The summed E-state index contributed by atoms with van der Waals surface area (Å²) in [6.45, 7) is 1.96. The Bertz CT molecular complexity index is 644. The fourth-order valence-corrected chi connectivity index (χ4v) is 2.93. The monoisotopic (exact) mass is 387 g/mol. The van der Waals surface area contributed by atoms with E-state index >= 15 is 0 Å². The number of aliphatic hydroxyl groups excluding tert-OH is 1. The summed E-state index contributed by atoms with van der Waals surface area (Å²) in [5.41, 5.74) is 1.73.